The molecule has 8 heteroatoms. The van der Waals surface area contributed by atoms with Crippen molar-refractivity contribution in [3.63, 3.8) is 0 Å². The molecule has 0 aliphatic carbocycles. The Morgan fingerprint density at radius 2 is 2.18 bits per heavy atom. The van der Waals surface area contributed by atoms with Crippen molar-refractivity contribution >= 4 is 5.96 Å². The van der Waals surface area contributed by atoms with E-state index in [-0.39, 0.29) is 0 Å². The highest BCUT2D eigenvalue weighted by molar-refractivity contribution is 5.79. The van der Waals surface area contributed by atoms with Crippen LogP contribution in [0.1, 0.15) is 24.7 Å². The number of aliphatic imine (C=N–C) groups is 1. The molecule has 2 heterocycles. The third kappa shape index (κ3) is 5.95. The summed E-state index contributed by atoms with van der Waals surface area (Å²) in [6.45, 7) is 6.77. The van der Waals surface area contributed by atoms with Crippen molar-refractivity contribution in [3.8, 4) is 5.75 Å². The van der Waals surface area contributed by atoms with Crippen LogP contribution in [0.4, 0.5) is 0 Å². The first-order valence-electron chi connectivity index (χ1n) is 9.88. The first kappa shape index (κ1) is 20.1. The van der Waals surface area contributed by atoms with Crippen molar-refractivity contribution in [2.75, 3.05) is 33.4 Å². The number of hydrogen-bond donors (Lipinski definition) is 2. The van der Waals surface area contributed by atoms with Crippen LogP contribution in [0.25, 0.3) is 0 Å². The maximum Gasteiger partial charge on any atom is 0.191 e. The Morgan fingerprint density at radius 1 is 1.32 bits per heavy atom. The molecule has 1 aromatic carbocycles. The van der Waals surface area contributed by atoms with E-state index in [1.165, 1.54) is 0 Å². The van der Waals surface area contributed by atoms with Crippen LogP contribution in [0.15, 0.2) is 35.6 Å². The van der Waals surface area contributed by atoms with Gasteiger partial charge < -0.3 is 24.7 Å². The van der Waals surface area contributed by atoms with Gasteiger partial charge in [-0.2, -0.15) is 0 Å². The predicted octanol–water partition coefficient (Wildman–Crippen LogP) is 1.62. The lowest BCUT2D eigenvalue weighted by Gasteiger charge is -2.15. The first-order valence-corrected chi connectivity index (χ1v) is 9.88. The van der Waals surface area contributed by atoms with E-state index in [0.717, 1.165) is 68.8 Å². The van der Waals surface area contributed by atoms with Gasteiger partial charge in [0.2, 0.25) is 0 Å². The number of aromatic nitrogens is 3. The van der Waals surface area contributed by atoms with E-state index in [1.807, 2.05) is 24.3 Å². The second-order valence-corrected chi connectivity index (χ2v) is 6.84. The van der Waals surface area contributed by atoms with Crippen LogP contribution in [0, 0.1) is 5.92 Å². The second kappa shape index (κ2) is 10.7. The monoisotopic (exact) mass is 386 g/mol. The molecule has 3 rings (SSSR count). The van der Waals surface area contributed by atoms with Crippen LogP contribution in [0.3, 0.4) is 0 Å². The average Bonchev–Trinajstić information content (AvgIpc) is 3.41. The zero-order chi connectivity index (χ0) is 19.6. The van der Waals surface area contributed by atoms with Gasteiger partial charge in [0.1, 0.15) is 17.9 Å². The third-order valence-corrected chi connectivity index (χ3v) is 4.82. The van der Waals surface area contributed by atoms with E-state index in [9.17, 15) is 0 Å². The number of methoxy groups -OCH3 is 1. The van der Waals surface area contributed by atoms with E-state index in [4.69, 9.17) is 14.5 Å². The lowest BCUT2D eigenvalue weighted by atomic mass is 10.1. The van der Waals surface area contributed by atoms with Crippen molar-refractivity contribution in [1.29, 1.82) is 0 Å². The fourth-order valence-corrected chi connectivity index (χ4v) is 3.10. The highest BCUT2D eigenvalue weighted by Gasteiger charge is 2.15. The molecule has 1 fully saturated rings. The molecule has 0 spiro atoms. The number of ether oxygens (including phenoxy) is 2. The molecular formula is C20H30N6O2. The number of benzene rings is 1. The van der Waals surface area contributed by atoms with Gasteiger partial charge >= 0.3 is 0 Å². The summed E-state index contributed by atoms with van der Waals surface area (Å²) in [5.41, 5.74) is 1.14. The number of aryl methyl sites for hydroxylation is 1. The number of nitrogens with zero attached hydrogens (tertiary/aromatic N) is 4. The van der Waals surface area contributed by atoms with Gasteiger partial charge in [-0.25, -0.2) is 4.99 Å². The maximum absolute atomic E-state index is 5.47. The molecule has 1 unspecified atom stereocenters. The molecular weight excluding hydrogens is 356 g/mol. The molecule has 2 aromatic rings. The van der Waals surface area contributed by atoms with E-state index in [1.54, 1.807) is 13.4 Å². The highest BCUT2D eigenvalue weighted by Crippen LogP contribution is 2.12. The highest BCUT2D eigenvalue weighted by atomic mass is 16.5. The van der Waals surface area contributed by atoms with Gasteiger partial charge in [0.05, 0.1) is 20.3 Å². The Morgan fingerprint density at radius 3 is 2.89 bits per heavy atom. The second-order valence-electron chi connectivity index (χ2n) is 6.84. The molecule has 0 radical (unpaired) electrons. The molecule has 1 atom stereocenters. The lowest BCUT2D eigenvalue weighted by molar-refractivity contribution is 0.186. The maximum atomic E-state index is 5.47. The Kier molecular flexibility index (Phi) is 7.66. The standard InChI is InChI=1S/C20H30N6O2/c1-3-19-25-24-15-26(19)10-9-21-20(23-13-17-8-11-28-14-17)22-12-16-4-6-18(27-2)7-5-16/h4-7,15,17H,3,8-14H2,1-2H3,(H2,21,22,23). The Balaban J connectivity index is 1.56. The summed E-state index contributed by atoms with van der Waals surface area (Å²) >= 11 is 0. The molecule has 0 amide bonds. The molecule has 0 saturated carbocycles. The van der Waals surface area contributed by atoms with Crippen LogP contribution in [0.2, 0.25) is 0 Å². The van der Waals surface area contributed by atoms with Crippen LogP contribution in [-0.2, 0) is 24.2 Å². The van der Waals surface area contributed by atoms with Crippen molar-refractivity contribution in [1.82, 2.24) is 25.4 Å². The largest absolute Gasteiger partial charge is 0.497 e. The number of guanidine groups is 1. The molecule has 1 aliphatic heterocycles. The molecule has 152 valence electrons. The van der Waals surface area contributed by atoms with E-state index in [2.05, 4.69) is 32.3 Å². The summed E-state index contributed by atoms with van der Waals surface area (Å²) in [5, 5.41) is 15.0. The molecule has 28 heavy (non-hydrogen) atoms. The molecule has 0 bridgehead atoms. The van der Waals surface area contributed by atoms with Crippen LogP contribution < -0.4 is 15.4 Å². The van der Waals surface area contributed by atoms with Crippen molar-refractivity contribution in [2.45, 2.75) is 32.9 Å². The van der Waals surface area contributed by atoms with E-state index >= 15 is 0 Å². The average molecular weight is 387 g/mol. The minimum absolute atomic E-state index is 0.539. The minimum atomic E-state index is 0.539. The summed E-state index contributed by atoms with van der Waals surface area (Å²) in [7, 11) is 1.67. The van der Waals surface area contributed by atoms with Gasteiger partial charge in [-0.05, 0) is 24.1 Å². The van der Waals surface area contributed by atoms with Crippen LogP contribution in [-0.4, -0.2) is 54.1 Å². The number of hydrogen-bond acceptors (Lipinski definition) is 5. The topological polar surface area (TPSA) is 85.6 Å². The van der Waals surface area contributed by atoms with Crippen LogP contribution in [0.5, 0.6) is 5.75 Å². The first-order chi connectivity index (χ1) is 13.8. The van der Waals surface area contributed by atoms with Crippen LogP contribution >= 0.6 is 0 Å². The SMILES string of the molecule is CCc1nncn1CCNC(=NCc1ccc(OC)cc1)NCC1CCOC1. The Labute approximate surface area is 166 Å². The molecule has 1 aliphatic rings. The lowest BCUT2D eigenvalue weighted by Crippen LogP contribution is -2.41. The summed E-state index contributed by atoms with van der Waals surface area (Å²) in [4.78, 5) is 4.74. The predicted molar refractivity (Wildman–Crippen MR) is 108 cm³/mol. The van der Waals surface area contributed by atoms with Gasteiger partial charge in [0.15, 0.2) is 5.96 Å². The summed E-state index contributed by atoms with van der Waals surface area (Å²) < 4.78 is 12.7. The smallest absolute Gasteiger partial charge is 0.191 e. The van der Waals surface area contributed by atoms with E-state index < -0.39 is 0 Å². The van der Waals surface area contributed by atoms with Crippen molar-refractivity contribution in [2.24, 2.45) is 10.9 Å². The van der Waals surface area contributed by atoms with Gasteiger partial charge in [0, 0.05) is 38.6 Å². The number of nitrogens with one attached hydrogen (secondary N) is 2. The zero-order valence-electron chi connectivity index (χ0n) is 16.7. The van der Waals surface area contributed by atoms with Gasteiger partial charge in [0.25, 0.3) is 0 Å². The fourth-order valence-electron chi connectivity index (χ4n) is 3.10. The molecule has 1 aromatic heterocycles. The number of rotatable bonds is 9. The summed E-state index contributed by atoms with van der Waals surface area (Å²) in [6.07, 6.45) is 3.75. The van der Waals surface area contributed by atoms with Gasteiger partial charge in [-0.1, -0.05) is 19.1 Å². The van der Waals surface area contributed by atoms with Crippen molar-refractivity contribution < 1.29 is 9.47 Å². The third-order valence-electron chi connectivity index (χ3n) is 4.82. The van der Waals surface area contributed by atoms with E-state index in [0.29, 0.717) is 12.5 Å². The van der Waals surface area contributed by atoms with Crippen molar-refractivity contribution in [3.05, 3.63) is 42.0 Å². The van der Waals surface area contributed by atoms with Gasteiger partial charge in [-0.15, -0.1) is 10.2 Å². The van der Waals surface area contributed by atoms with Gasteiger partial charge in [-0.3, -0.25) is 0 Å². The quantitative estimate of drug-likeness (QED) is 0.503. The Bertz CT molecular complexity index is 737. The normalized spacial score (nSPS) is 16.9. The zero-order valence-corrected chi connectivity index (χ0v) is 16.7. The summed E-state index contributed by atoms with van der Waals surface area (Å²) in [5.74, 6) is 3.20. The molecule has 2 N–H and O–H groups in total. The Hall–Kier alpha value is -2.61. The molecule has 8 nitrogen and oxygen atoms in total. The minimum Gasteiger partial charge on any atom is -0.497 e. The fraction of sp³-hybridized carbons (Fsp3) is 0.550. The molecule has 1 saturated heterocycles. The summed E-state index contributed by atoms with van der Waals surface area (Å²) in [6, 6.07) is 7.99.